The van der Waals surface area contributed by atoms with Gasteiger partial charge < -0.3 is 15.2 Å². The first-order chi connectivity index (χ1) is 16.4. The average molecular weight is 492 g/mol. The van der Waals surface area contributed by atoms with Crippen LogP contribution in [-0.4, -0.2) is 23.2 Å². The van der Waals surface area contributed by atoms with Crippen LogP contribution in [-0.2, 0) is 11.0 Å². The zero-order valence-electron chi connectivity index (χ0n) is 20.9. The number of hydrogen-bond donors (Lipinski definition) is 2. The van der Waals surface area contributed by atoms with E-state index in [0.29, 0.717) is 17.7 Å². The van der Waals surface area contributed by atoms with Gasteiger partial charge in [0.05, 0.1) is 12.0 Å². The maximum absolute atomic E-state index is 14.2. The minimum Gasteiger partial charge on any atom is -0.490 e. The highest BCUT2D eigenvalue weighted by Gasteiger charge is 2.52. The maximum Gasteiger partial charge on any atom is 0.420 e. The van der Waals surface area contributed by atoms with Gasteiger partial charge >= 0.3 is 12.1 Å². The summed E-state index contributed by atoms with van der Waals surface area (Å²) in [6.07, 6.45) is 0.0766. The molecule has 2 saturated carbocycles. The number of benzene rings is 2. The number of aliphatic carboxylic acids is 1. The molecule has 0 amide bonds. The topological polar surface area (TPSA) is 58.6 Å². The van der Waals surface area contributed by atoms with Crippen molar-refractivity contribution in [3.63, 3.8) is 0 Å². The van der Waals surface area contributed by atoms with Crippen LogP contribution < -0.4 is 10.1 Å². The molecule has 0 saturated heterocycles. The third kappa shape index (κ3) is 5.16. The van der Waals surface area contributed by atoms with Crippen LogP contribution in [0.3, 0.4) is 0 Å². The molecule has 35 heavy (non-hydrogen) atoms. The van der Waals surface area contributed by atoms with Crippen molar-refractivity contribution in [3.05, 3.63) is 41.5 Å². The summed E-state index contributed by atoms with van der Waals surface area (Å²) in [6, 6.07) is 8.27. The van der Waals surface area contributed by atoms with Crippen LogP contribution >= 0.6 is 0 Å². The smallest absolute Gasteiger partial charge is 0.420 e. The Morgan fingerprint density at radius 3 is 2.43 bits per heavy atom. The number of carboxylic acids is 1. The van der Waals surface area contributed by atoms with Crippen molar-refractivity contribution >= 4 is 16.7 Å². The molecule has 7 heteroatoms. The van der Waals surface area contributed by atoms with E-state index in [1.807, 2.05) is 26.8 Å². The van der Waals surface area contributed by atoms with Gasteiger partial charge in [-0.15, -0.1) is 0 Å². The Hall–Kier alpha value is -2.28. The van der Waals surface area contributed by atoms with Gasteiger partial charge in [0, 0.05) is 12.1 Å². The van der Waals surface area contributed by atoms with Gasteiger partial charge in [0.1, 0.15) is 11.3 Å². The number of ether oxygens (including phenoxy) is 1. The number of halogens is 3. The molecule has 4 nitrogen and oxygen atoms in total. The van der Waals surface area contributed by atoms with Gasteiger partial charge in [-0.25, -0.2) is 0 Å². The number of alkyl halides is 3. The largest absolute Gasteiger partial charge is 0.490 e. The Morgan fingerprint density at radius 1 is 1.17 bits per heavy atom. The molecule has 0 aromatic heterocycles. The minimum absolute atomic E-state index is 0.0315. The van der Waals surface area contributed by atoms with E-state index in [4.69, 9.17) is 4.74 Å². The van der Waals surface area contributed by atoms with Crippen molar-refractivity contribution in [2.24, 2.45) is 17.3 Å². The fraction of sp³-hybridized carbons (Fsp3) is 0.607. The third-order valence-electron chi connectivity index (χ3n) is 8.32. The van der Waals surface area contributed by atoms with Crippen LogP contribution in [0.15, 0.2) is 30.3 Å². The van der Waals surface area contributed by atoms with Crippen LogP contribution in [0.25, 0.3) is 10.8 Å². The first-order valence-electron chi connectivity index (χ1n) is 12.7. The van der Waals surface area contributed by atoms with E-state index >= 15 is 0 Å². The highest BCUT2D eigenvalue weighted by molar-refractivity contribution is 5.89. The number of fused-ring (bicyclic) bond motifs is 1. The molecule has 2 aliphatic rings. The predicted molar refractivity (Wildman–Crippen MR) is 130 cm³/mol. The fourth-order valence-electron chi connectivity index (χ4n) is 5.78. The van der Waals surface area contributed by atoms with Gasteiger partial charge in [0.15, 0.2) is 0 Å². The Kier molecular flexibility index (Phi) is 7.11. The first-order valence-corrected chi connectivity index (χ1v) is 12.7. The van der Waals surface area contributed by atoms with E-state index in [1.54, 1.807) is 18.2 Å². The highest BCUT2D eigenvalue weighted by Crippen LogP contribution is 2.48. The highest BCUT2D eigenvalue weighted by atomic mass is 19.4. The molecule has 3 atom stereocenters. The Bertz CT molecular complexity index is 1070. The zero-order chi connectivity index (χ0) is 25.5. The van der Waals surface area contributed by atoms with E-state index in [2.05, 4.69) is 12.2 Å². The van der Waals surface area contributed by atoms with Crippen LogP contribution in [0.4, 0.5) is 13.2 Å². The van der Waals surface area contributed by atoms with Crippen molar-refractivity contribution in [2.75, 3.05) is 0 Å². The summed E-state index contributed by atoms with van der Waals surface area (Å²) >= 11 is 0. The van der Waals surface area contributed by atoms with E-state index in [0.717, 1.165) is 37.7 Å². The summed E-state index contributed by atoms with van der Waals surface area (Å²) in [5.74, 6) is -0.674. The molecule has 2 fully saturated rings. The lowest BCUT2D eigenvalue weighted by atomic mass is 9.58. The molecule has 0 heterocycles. The second-order valence-electron chi connectivity index (χ2n) is 11.0. The van der Waals surface area contributed by atoms with Crippen molar-refractivity contribution in [3.8, 4) is 5.75 Å². The summed E-state index contributed by atoms with van der Waals surface area (Å²) in [5, 5.41) is 13.6. The maximum atomic E-state index is 14.2. The lowest BCUT2D eigenvalue weighted by molar-refractivity contribution is -0.155. The second kappa shape index (κ2) is 9.64. The number of nitrogens with one attached hydrogen (secondary N) is 1. The monoisotopic (exact) mass is 491 g/mol. The molecule has 3 unspecified atom stereocenters. The first kappa shape index (κ1) is 25.8. The molecule has 2 aromatic rings. The zero-order valence-corrected chi connectivity index (χ0v) is 20.9. The molecule has 0 spiro atoms. The van der Waals surface area contributed by atoms with Gasteiger partial charge in [-0.2, -0.15) is 13.2 Å². The molecule has 2 aliphatic carbocycles. The van der Waals surface area contributed by atoms with Gasteiger partial charge in [-0.05, 0) is 78.3 Å². The molecule has 4 rings (SSSR count). The van der Waals surface area contributed by atoms with Gasteiger partial charge in [0.25, 0.3) is 0 Å². The number of rotatable bonds is 7. The summed E-state index contributed by atoms with van der Waals surface area (Å²) < 4.78 is 48.5. The molecular weight excluding hydrogens is 455 g/mol. The number of hydrogen-bond acceptors (Lipinski definition) is 3. The number of carbonyl (C=O) groups is 1. The molecule has 2 N–H and O–H groups in total. The third-order valence-corrected chi connectivity index (χ3v) is 8.32. The van der Waals surface area contributed by atoms with Crippen LogP contribution in [0, 0.1) is 17.3 Å². The van der Waals surface area contributed by atoms with Crippen LogP contribution in [0.5, 0.6) is 5.75 Å². The van der Waals surface area contributed by atoms with Gasteiger partial charge in [0.2, 0.25) is 0 Å². The van der Waals surface area contributed by atoms with Crippen molar-refractivity contribution in [2.45, 2.75) is 90.6 Å². The fourth-order valence-corrected chi connectivity index (χ4v) is 5.78. The SMILES string of the molecule is CCC(NC1CC(C(=O)O)C1(C)C)c1ccc2c(C(F)(F)F)c(OC3CCC(C)CC3)ccc2c1. The summed E-state index contributed by atoms with van der Waals surface area (Å²) in [7, 11) is 0. The van der Waals surface area contributed by atoms with E-state index in [-0.39, 0.29) is 34.7 Å². The summed E-state index contributed by atoms with van der Waals surface area (Å²) in [5.41, 5.74) is -0.189. The summed E-state index contributed by atoms with van der Waals surface area (Å²) in [4.78, 5) is 11.5. The molecule has 192 valence electrons. The molecular formula is C28H36F3NO3. The quantitative estimate of drug-likeness (QED) is 0.425. The lowest BCUT2D eigenvalue weighted by Gasteiger charge is -2.51. The van der Waals surface area contributed by atoms with Crippen LogP contribution in [0.2, 0.25) is 0 Å². The normalized spacial score (nSPS) is 27.3. The van der Waals surface area contributed by atoms with Gasteiger partial charge in [-0.1, -0.05) is 45.9 Å². The molecule has 2 aromatic carbocycles. The molecule has 0 radical (unpaired) electrons. The number of carboxylic acid groups (broad SMARTS) is 1. The lowest BCUT2D eigenvalue weighted by Crippen LogP contribution is -2.59. The standard InChI is InChI=1S/C28H36F3NO3/c1-5-22(32-24-15-21(26(33)34)27(24,3)4)18-8-12-20-17(14-18)9-13-23(25(20)28(29,30)31)35-19-10-6-16(2)7-11-19/h8-9,12-14,16,19,21-22,24,32H,5-7,10-11,15H2,1-4H3,(H,33,34). The Labute approximate surface area is 205 Å². The van der Waals surface area contributed by atoms with Crippen LogP contribution in [0.1, 0.15) is 83.4 Å². The van der Waals surface area contributed by atoms with Crippen molar-refractivity contribution < 1.29 is 27.8 Å². The minimum atomic E-state index is -4.53. The molecule has 0 bridgehead atoms. The van der Waals surface area contributed by atoms with E-state index in [1.165, 1.54) is 6.07 Å². The molecule has 0 aliphatic heterocycles. The van der Waals surface area contributed by atoms with Gasteiger partial charge in [-0.3, -0.25) is 4.79 Å². The Morgan fingerprint density at radius 2 is 1.86 bits per heavy atom. The second-order valence-corrected chi connectivity index (χ2v) is 11.0. The summed E-state index contributed by atoms with van der Waals surface area (Å²) in [6.45, 7) is 8.08. The average Bonchev–Trinajstić information content (AvgIpc) is 2.78. The van der Waals surface area contributed by atoms with E-state index < -0.39 is 23.6 Å². The van der Waals surface area contributed by atoms with Crippen molar-refractivity contribution in [1.29, 1.82) is 0 Å². The predicted octanol–water partition coefficient (Wildman–Crippen LogP) is 7.36. The van der Waals surface area contributed by atoms with E-state index in [9.17, 15) is 23.1 Å². The van der Waals surface area contributed by atoms with Crippen molar-refractivity contribution in [1.82, 2.24) is 5.32 Å². The Balaban J connectivity index is 1.60.